The fraction of sp³-hybridized carbons (Fsp3) is 0.619. The molecule has 1 aromatic carbocycles. The number of carbonyl (C=O) groups excluding carboxylic acids is 2. The second kappa shape index (κ2) is 6.92. The van der Waals surface area contributed by atoms with Crippen LogP contribution in [0.2, 0.25) is 5.02 Å². The molecule has 3 atom stereocenters. The number of aliphatic hydroxyl groups is 1. The van der Waals surface area contributed by atoms with E-state index in [-0.39, 0.29) is 5.97 Å². The molecule has 4 aliphatic rings. The molecule has 3 unspecified atom stereocenters. The van der Waals surface area contributed by atoms with Gasteiger partial charge in [-0.2, -0.15) is 0 Å². The summed E-state index contributed by atoms with van der Waals surface area (Å²) in [5.74, 6) is 0.412. The van der Waals surface area contributed by atoms with E-state index in [1.165, 1.54) is 7.11 Å². The molecule has 4 saturated carbocycles. The van der Waals surface area contributed by atoms with Crippen LogP contribution in [-0.2, 0) is 14.3 Å². The Bertz CT molecular complexity index is 796. The normalized spacial score (nSPS) is 34.0. The van der Waals surface area contributed by atoms with E-state index in [0.717, 1.165) is 32.1 Å². The monoisotopic (exact) mass is 407 g/mol. The van der Waals surface area contributed by atoms with Crippen LogP contribution >= 0.6 is 11.6 Å². The van der Waals surface area contributed by atoms with E-state index >= 15 is 0 Å². The van der Waals surface area contributed by atoms with Crippen LogP contribution in [0.4, 0.5) is 5.69 Å². The lowest BCUT2D eigenvalue weighted by Gasteiger charge is -2.58. The SMILES string of the molecule is COc1ccc(Cl)cc1NC(=O)C(C)OC(=O)C12CC3CC(CC(O)(C3)C1)C2. The van der Waals surface area contributed by atoms with Gasteiger partial charge in [0.15, 0.2) is 6.10 Å². The Kier molecular flexibility index (Phi) is 4.82. The highest BCUT2D eigenvalue weighted by Gasteiger charge is 2.61. The van der Waals surface area contributed by atoms with Gasteiger partial charge in [-0.15, -0.1) is 0 Å². The van der Waals surface area contributed by atoms with Crippen LogP contribution in [0.3, 0.4) is 0 Å². The minimum atomic E-state index is -0.959. The smallest absolute Gasteiger partial charge is 0.312 e. The minimum Gasteiger partial charge on any atom is -0.495 e. The number of hydrogen-bond donors (Lipinski definition) is 2. The third-order valence-corrected chi connectivity index (χ3v) is 6.77. The van der Waals surface area contributed by atoms with Crippen molar-refractivity contribution in [1.82, 2.24) is 0 Å². The van der Waals surface area contributed by atoms with Gasteiger partial charge in [-0.05, 0) is 75.5 Å². The summed E-state index contributed by atoms with van der Waals surface area (Å²) in [5.41, 5.74) is -0.976. The van der Waals surface area contributed by atoms with Crippen LogP contribution in [0.5, 0.6) is 5.75 Å². The fourth-order valence-electron chi connectivity index (χ4n) is 5.80. The van der Waals surface area contributed by atoms with E-state index < -0.39 is 23.0 Å². The third kappa shape index (κ3) is 3.48. The van der Waals surface area contributed by atoms with E-state index in [9.17, 15) is 14.7 Å². The van der Waals surface area contributed by atoms with Crippen molar-refractivity contribution in [3.05, 3.63) is 23.2 Å². The van der Waals surface area contributed by atoms with Crippen LogP contribution < -0.4 is 10.1 Å². The maximum atomic E-state index is 13.0. The van der Waals surface area contributed by atoms with Crippen molar-refractivity contribution in [2.45, 2.75) is 57.2 Å². The second-order valence-electron chi connectivity index (χ2n) is 8.85. The number of anilines is 1. The highest BCUT2D eigenvalue weighted by Crippen LogP contribution is 2.62. The van der Waals surface area contributed by atoms with Gasteiger partial charge in [-0.25, -0.2) is 0 Å². The molecule has 4 aliphatic carbocycles. The number of methoxy groups -OCH3 is 1. The number of halogens is 1. The molecule has 1 aromatic rings. The molecule has 6 nitrogen and oxygen atoms in total. The largest absolute Gasteiger partial charge is 0.495 e. The molecule has 7 heteroatoms. The fourth-order valence-corrected chi connectivity index (χ4v) is 5.98. The molecule has 0 heterocycles. The summed E-state index contributed by atoms with van der Waals surface area (Å²) in [6.45, 7) is 1.56. The number of esters is 1. The van der Waals surface area contributed by atoms with Crippen molar-refractivity contribution >= 4 is 29.2 Å². The van der Waals surface area contributed by atoms with Crippen molar-refractivity contribution in [2.75, 3.05) is 12.4 Å². The molecule has 5 rings (SSSR count). The summed E-state index contributed by atoms with van der Waals surface area (Å²) in [6, 6.07) is 4.91. The Balaban J connectivity index is 1.44. The summed E-state index contributed by atoms with van der Waals surface area (Å²) in [7, 11) is 1.50. The molecule has 0 saturated heterocycles. The zero-order valence-electron chi connectivity index (χ0n) is 16.2. The molecule has 4 fully saturated rings. The maximum absolute atomic E-state index is 13.0. The molecular weight excluding hydrogens is 382 g/mol. The van der Waals surface area contributed by atoms with Crippen molar-refractivity contribution in [2.24, 2.45) is 17.3 Å². The molecule has 28 heavy (non-hydrogen) atoms. The van der Waals surface area contributed by atoms with Crippen molar-refractivity contribution in [3.8, 4) is 5.75 Å². The maximum Gasteiger partial charge on any atom is 0.312 e. The Morgan fingerprint density at radius 2 is 1.93 bits per heavy atom. The van der Waals surface area contributed by atoms with Gasteiger partial charge in [-0.3, -0.25) is 9.59 Å². The number of hydrogen-bond acceptors (Lipinski definition) is 5. The Hall–Kier alpha value is -1.79. The molecule has 1 amide bonds. The average Bonchev–Trinajstić information content (AvgIpc) is 2.59. The number of ether oxygens (including phenoxy) is 2. The number of nitrogens with one attached hydrogen (secondary N) is 1. The molecular formula is C21H26ClNO5. The Morgan fingerprint density at radius 3 is 2.54 bits per heavy atom. The predicted octanol–water partition coefficient (Wildman–Crippen LogP) is 3.55. The van der Waals surface area contributed by atoms with Gasteiger partial charge in [0, 0.05) is 5.02 Å². The minimum absolute atomic E-state index is 0.360. The second-order valence-corrected chi connectivity index (χ2v) is 9.28. The van der Waals surface area contributed by atoms with E-state index in [2.05, 4.69) is 5.32 Å². The van der Waals surface area contributed by atoms with Gasteiger partial charge in [-0.1, -0.05) is 11.6 Å². The number of amides is 1. The van der Waals surface area contributed by atoms with Gasteiger partial charge < -0.3 is 19.9 Å². The average molecular weight is 408 g/mol. The molecule has 0 aromatic heterocycles. The summed E-state index contributed by atoms with van der Waals surface area (Å²) in [4.78, 5) is 25.6. The van der Waals surface area contributed by atoms with Crippen molar-refractivity contribution in [1.29, 1.82) is 0 Å². The van der Waals surface area contributed by atoms with Gasteiger partial charge in [0.2, 0.25) is 0 Å². The zero-order valence-corrected chi connectivity index (χ0v) is 16.9. The lowest BCUT2D eigenvalue weighted by molar-refractivity contribution is -0.199. The molecule has 152 valence electrons. The highest BCUT2D eigenvalue weighted by molar-refractivity contribution is 6.31. The first-order valence-electron chi connectivity index (χ1n) is 9.80. The lowest BCUT2D eigenvalue weighted by atomic mass is 9.48. The predicted molar refractivity (Wildman–Crippen MR) is 104 cm³/mol. The molecule has 2 N–H and O–H groups in total. The van der Waals surface area contributed by atoms with Crippen LogP contribution in [0, 0.1) is 17.3 Å². The number of benzene rings is 1. The Morgan fingerprint density at radius 1 is 1.25 bits per heavy atom. The number of rotatable bonds is 5. The van der Waals surface area contributed by atoms with E-state index in [1.807, 2.05) is 0 Å². The topological polar surface area (TPSA) is 84.9 Å². The van der Waals surface area contributed by atoms with Crippen molar-refractivity contribution < 1.29 is 24.2 Å². The van der Waals surface area contributed by atoms with Crippen LogP contribution in [0.25, 0.3) is 0 Å². The van der Waals surface area contributed by atoms with Gasteiger partial charge in [0.25, 0.3) is 5.91 Å². The van der Waals surface area contributed by atoms with Gasteiger partial charge in [0.1, 0.15) is 5.75 Å². The van der Waals surface area contributed by atoms with Crippen molar-refractivity contribution in [3.63, 3.8) is 0 Å². The molecule has 0 aliphatic heterocycles. The van der Waals surface area contributed by atoms with E-state index in [1.54, 1.807) is 25.1 Å². The summed E-state index contributed by atoms with van der Waals surface area (Å²) < 4.78 is 10.8. The third-order valence-electron chi connectivity index (χ3n) is 6.54. The van der Waals surface area contributed by atoms with E-state index in [0.29, 0.717) is 34.7 Å². The zero-order chi connectivity index (χ0) is 20.1. The Labute approximate surface area is 169 Å². The van der Waals surface area contributed by atoms with Gasteiger partial charge >= 0.3 is 5.97 Å². The quantitative estimate of drug-likeness (QED) is 0.729. The number of carbonyl (C=O) groups is 2. The first-order valence-corrected chi connectivity index (χ1v) is 10.2. The lowest BCUT2D eigenvalue weighted by Crippen LogP contribution is -2.59. The highest BCUT2D eigenvalue weighted by atomic mass is 35.5. The first kappa shape index (κ1) is 19.5. The van der Waals surface area contributed by atoms with E-state index in [4.69, 9.17) is 21.1 Å². The first-order chi connectivity index (χ1) is 13.2. The molecule has 4 bridgehead atoms. The summed E-state index contributed by atoms with van der Waals surface area (Å²) in [6.07, 6.45) is 3.64. The molecule has 0 radical (unpaired) electrons. The standard InChI is InChI=1S/C21H26ClNO5/c1-12(18(24)23-16-6-15(22)3-4-17(16)27-2)28-19(25)20-7-13-5-14(8-20)10-21(26,9-13)11-20/h3-4,6,12-14,26H,5,7-11H2,1-2H3,(H,23,24). The van der Waals surface area contributed by atoms with Crippen LogP contribution in [-0.4, -0.2) is 35.8 Å². The summed E-state index contributed by atoms with van der Waals surface area (Å²) >= 11 is 5.99. The van der Waals surface area contributed by atoms with Crippen LogP contribution in [0.1, 0.15) is 45.4 Å². The molecule has 0 spiro atoms. The summed E-state index contributed by atoms with van der Waals surface area (Å²) in [5, 5.41) is 14.0. The van der Waals surface area contributed by atoms with Gasteiger partial charge in [0.05, 0.1) is 23.8 Å². The van der Waals surface area contributed by atoms with Crippen LogP contribution in [0.15, 0.2) is 18.2 Å².